The minimum absolute atomic E-state index is 0.000805. The number of alkyl halides is 10. The van der Waals surface area contributed by atoms with Crippen LogP contribution in [0.15, 0.2) is 24.5 Å². The molecular weight excluding hydrogens is 899 g/mol. The second kappa shape index (κ2) is 15.2. The molecule has 2 N–H and O–H groups in total. The Balaban J connectivity index is 0.000000199. The molecule has 0 spiro atoms. The van der Waals surface area contributed by atoms with Crippen LogP contribution < -0.4 is 5.32 Å². The largest absolute Gasteiger partial charge is 0.478 e. The van der Waals surface area contributed by atoms with E-state index in [1.54, 1.807) is 0 Å². The number of rotatable bonds is 9. The third-order valence-electron chi connectivity index (χ3n) is 8.49. The number of thiophene rings is 2. The molecule has 59 heavy (non-hydrogen) atoms. The van der Waals surface area contributed by atoms with Crippen LogP contribution in [0.1, 0.15) is 56.1 Å². The lowest BCUT2D eigenvalue weighted by Gasteiger charge is -2.17. The first-order chi connectivity index (χ1) is 27.2. The highest BCUT2D eigenvalue weighted by Gasteiger charge is 2.62. The van der Waals surface area contributed by atoms with Crippen LogP contribution in [0.25, 0.3) is 32.8 Å². The van der Waals surface area contributed by atoms with Gasteiger partial charge in [-0.25, -0.2) is 14.2 Å². The minimum atomic E-state index is -5.81. The Morgan fingerprint density at radius 2 is 1.12 bits per heavy atom. The van der Waals surface area contributed by atoms with Gasteiger partial charge in [0.15, 0.2) is 11.6 Å². The van der Waals surface area contributed by atoms with E-state index in [1.165, 1.54) is 38.6 Å². The molecule has 1 amide bonds. The van der Waals surface area contributed by atoms with Crippen LogP contribution in [0.2, 0.25) is 8.67 Å². The molecule has 0 unspecified atom stereocenters. The predicted molar refractivity (Wildman–Crippen MR) is 190 cm³/mol. The van der Waals surface area contributed by atoms with Gasteiger partial charge < -0.3 is 10.4 Å². The molecule has 28 heteroatoms. The summed E-state index contributed by atoms with van der Waals surface area (Å²) in [5, 5.41) is 33.8. The minimum Gasteiger partial charge on any atom is -0.478 e. The average molecular weight is 923 g/mol. The zero-order chi connectivity index (χ0) is 43.7. The number of amides is 1. The Hall–Kier alpha value is -5.08. The number of halogens is 12. The number of carboxylic acid groups (broad SMARTS) is 1. The van der Waals surface area contributed by atoms with E-state index in [0.29, 0.717) is 9.75 Å². The first-order valence-electron chi connectivity index (χ1n) is 16.2. The zero-order valence-electron chi connectivity index (χ0n) is 29.9. The van der Waals surface area contributed by atoms with Gasteiger partial charge in [-0.3, -0.25) is 14.2 Å². The second-order valence-electron chi connectivity index (χ2n) is 12.7. The third-order valence-corrected chi connectivity index (χ3v) is 11.3. The highest BCUT2D eigenvalue weighted by atomic mass is 35.5. The number of aromatic nitrogens is 10. The molecule has 6 aromatic rings. The van der Waals surface area contributed by atoms with Crippen LogP contribution in [0.5, 0.6) is 0 Å². The van der Waals surface area contributed by atoms with Gasteiger partial charge in [0.25, 0.3) is 5.91 Å². The molecule has 1 fully saturated rings. The Labute approximate surface area is 340 Å². The lowest BCUT2D eigenvalue weighted by atomic mass is 10.1. The molecule has 0 radical (unpaired) electrons. The van der Waals surface area contributed by atoms with Gasteiger partial charge in [0.05, 0.1) is 33.3 Å². The Bertz CT molecular complexity index is 2580. The van der Waals surface area contributed by atoms with Crippen molar-refractivity contribution in [3.8, 4) is 32.8 Å². The molecule has 6 heterocycles. The van der Waals surface area contributed by atoms with Gasteiger partial charge in [0.2, 0.25) is 0 Å². The zero-order valence-corrected chi connectivity index (χ0v) is 33.0. The van der Waals surface area contributed by atoms with Gasteiger partial charge >= 0.3 is 30.2 Å². The van der Waals surface area contributed by atoms with E-state index < -0.39 is 52.7 Å². The van der Waals surface area contributed by atoms with E-state index >= 15 is 0 Å². The molecule has 7 rings (SSSR count). The number of nitrogens with zero attached hydrogens (tertiary/aromatic N) is 10. The molecule has 0 bridgehead atoms. The summed E-state index contributed by atoms with van der Waals surface area (Å²) in [7, 11) is 2.41. The Morgan fingerprint density at radius 1 is 0.729 bits per heavy atom. The van der Waals surface area contributed by atoms with Crippen molar-refractivity contribution >= 4 is 57.8 Å². The normalized spacial score (nSPS) is 13.8. The van der Waals surface area contributed by atoms with E-state index in [1.807, 2.05) is 0 Å². The third kappa shape index (κ3) is 8.13. The number of nitrogens with one attached hydrogen (secondary N) is 1. The molecule has 1 aliphatic rings. The summed E-state index contributed by atoms with van der Waals surface area (Å²) in [6.07, 6.45) is -7.19. The van der Waals surface area contributed by atoms with E-state index in [0.717, 1.165) is 68.1 Å². The smallest absolute Gasteiger partial charge is 0.459 e. The lowest BCUT2D eigenvalue weighted by molar-refractivity contribution is -0.291. The molecule has 14 nitrogen and oxygen atoms in total. The van der Waals surface area contributed by atoms with Crippen LogP contribution in [0.3, 0.4) is 0 Å². The maximum absolute atomic E-state index is 13.8. The standard InChI is InChI=1S/C17H14ClF5N6OS.C14H9ClF5N5O2S/c1-7-12(16(19,20)17(21,22)23)26-28(2)15(7)29-6-10(25-27-29)11-5-9(13(18)31-11)14(30)24-8-3-4-8;1-5-9(13(16,17)14(18,19)20)22-24(2)11(5)25-4-7(21-23-25)8-3-6(12(26)27)10(15)28-8/h5-6,8H,3-4H2,1-2H3,(H,24,30);3-4H,1-2H3,(H,26,27). The number of hydrogen-bond donors (Lipinski definition) is 2. The second-order valence-corrected chi connectivity index (χ2v) is 16.0. The summed E-state index contributed by atoms with van der Waals surface area (Å²) in [5.74, 6) is -12.1. The molecule has 0 saturated heterocycles. The van der Waals surface area contributed by atoms with Gasteiger partial charge in [-0.2, -0.15) is 54.1 Å². The van der Waals surface area contributed by atoms with Crippen molar-refractivity contribution < 1.29 is 58.6 Å². The SMILES string of the molecule is Cc1c(C(F)(F)C(F)(F)F)nn(C)c1-n1cc(-c2cc(C(=O)NC3CC3)c(Cl)s2)nn1.Cc1c(C(F)(F)C(F)(F)F)nn(C)c1-n1cc(-c2cc(C(=O)O)c(Cl)s2)nn1. The molecule has 0 aromatic carbocycles. The molecule has 1 aliphatic carbocycles. The van der Waals surface area contributed by atoms with Crippen LogP contribution in [-0.4, -0.2) is 84.9 Å². The average Bonchev–Trinajstić information content (AvgIpc) is 3.69. The molecule has 0 aliphatic heterocycles. The van der Waals surface area contributed by atoms with Crippen molar-refractivity contribution in [3.63, 3.8) is 0 Å². The fourth-order valence-corrected chi connectivity index (χ4v) is 7.92. The van der Waals surface area contributed by atoms with Crippen LogP contribution >= 0.6 is 45.9 Å². The van der Waals surface area contributed by atoms with Gasteiger partial charge in [-0.15, -0.1) is 32.9 Å². The summed E-state index contributed by atoms with van der Waals surface area (Å²) < 4.78 is 135. The first-order valence-corrected chi connectivity index (χ1v) is 18.6. The molecule has 1 saturated carbocycles. The number of carbonyl (C=O) groups excluding carboxylic acids is 1. The first kappa shape index (κ1) is 43.5. The van der Waals surface area contributed by atoms with E-state index in [2.05, 4.69) is 36.1 Å². The molecule has 316 valence electrons. The molecular formula is C31H23Cl2F10N11O3S2. The monoisotopic (exact) mass is 921 g/mol. The van der Waals surface area contributed by atoms with E-state index in [-0.39, 0.29) is 54.8 Å². The van der Waals surface area contributed by atoms with Crippen molar-refractivity contribution in [2.75, 3.05) is 0 Å². The summed E-state index contributed by atoms with van der Waals surface area (Å²) in [5.41, 5.74) is -3.14. The summed E-state index contributed by atoms with van der Waals surface area (Å²) in [6, 6.07) is 2.92. The number of carboxylic acids is 1. The van der Waals surface area contributed by atoms with Crippen molar-refractivity contribution in [1.82, 2.24) is 54.9 Å². The molecule has 0 atom stereocenters. The number of carbonyl (C=O) groups is 2. The van der Waals surface area contributed by atoms with E-state index in [9.17, 15) is 53.5 Å². The van der Waals surface area contributed by atoms with Gasteiger partial charge in [0, 0.05) is 31.3 Å². The highest BCUT2D eigenvalue weighted by molar-refractivity contribution is 7.20. The van der Waals surface area contributed by atoms with Crippen molar-refractivity contribution in [1.29, 1.82) is 0 Å². The van der Waals surface area contributed by atoms with Crippen LogP contribution in [0, 0.1) is 13.8 Å². The number of aryl methyl sites for hydroxylation is 2. The van der Waals surface area contributed by atoms with Gasteiger partial charge in [0.1, 0.15) is 31.4 Å². The van der Waals surface area contributed by atoms with Crippen LogP contribution in [0.4, 0.5) is 43.9 Å². The topological polar surface area (TPSA) is 163 Å². The van der Waals surface area contributed by atoms with Crippen LogP contribution in [-0.2, 0) is 25.9 Å². The van der Waals surface area contributed by atoms with Gasteiger partial charge in [-0.1, -0.05) is 33.6 Å². The number of hydrogen-bond acceptors (Lipinski definition) is 10. The maximum atomic E-state index is 13.8. The Morgan fingerprint density at radius 3 is 1.47 bits per heavy atom. The maximum Gasteiger partial charge on any atom is 0.459 e. The predicted octanol–water partition coefficient (Wildman–Crippen LogP) is 8.28. The number of aromatic carboxylic acids is 1. The highest BCUT2D eigenvalue weighted by Crippen LogP contribution is 2.46. The Kier molecular flexibility index (Phi) is 11.2. The quantitative estimate of drug-likeness (QED) is 0.136. The van der Waals surface area contributed by atoms with Crippen molar-refractivity contribution in [2.45, 2.75) is 56.9 Å². The van der Waals surface area contributed by atoms with Crippen molar-refractivity contribution in [2.24, 2.45) is 14.1 Å². The van der Waals surface area contributed by atoms with Gasteiger partial charge in [-0.05, 0) is 38.8 Å². The fourth-order valence-electron chi connectivity index (χ4n) is 5.49. The summed E-state index contributed by atoms with van der Waals surface area (Å²) >= 11 is 14.0. The fraction of sp³-hybridized carbons (Fsp3) is 0.355. The van der Waals surface area contributed by atoms with Crippen molar-refractivity contribution in [3.05, 3.63) is 66.8 Å². The molecule has 6 aromatic heterocycles. The lowest BCUT2D eigenvalue weighted by Crippen LogP contribution is -2.34. The summed E-state index contributed by atoms with van der Waals surface area (Å²) in [6.45, 7) is 2.16. The van der Waals surface area contributed by atoms with E-state index in [4.69, 9.17) is 28.3 Å². The summed E-state index contributed by atoms with van der Waals surface area (Å²) in [4.78, 5) is 24.1.